The summed E-state index contributed by atoms with van der Waals surface area (Å²) in [5.41, 5.74) is -1.03. The van der Waals surface area contributed by atoms with Gasteiger partial charge in [0, 0.05) is 5.56 Å². The quantitative estimate of drug-likeness (QED) is 0.860. The molecule has 0 bridgehead atoms. The predicted octanol–water partition coefficient (Wildman–Crippen LogP) is 3.70. The van der Waals surface area contributed by atoms with Gasteiger partial charge in [0.05, 0.1) is 10.1 Å². The molecule has 1 aliphatic rings. The van der Waals surface area contributed by atoms with Crippen LogP contribution >= 0.6 is 23.2 Å². The maximum absolute atomic E-state index is 12.8. The first-order valence-corrected chi connectivity index (χ1v) is 5.64. The van der Waals surface area contributed by atoms with Gasteiger partial charge in [-0.25, -0.2) is 4.79 Å². The number of benzene rings is 1. The first kappa shape index (κ1) is 14.0. The molecule has 0 aliphatic carbocycles. The minimum atomic E-state index is -4.91. The number of aliphatic carboxylic acids is 1. The molecule has 0 aromatic heterocycles. The molecule has 1 atom stereocenters. The largest absolute Gasteiger partial charge is 0.478 e. The van der Waals surface area contributed by atoms with Crippen molar-refractivity contribution in [2.45, 2.75) is 12.3 Å². The number of para-hydroxylation sites is 1. The van der Waals surface area contributed by atoms with Gasteiger partial charge in [-0.15, -0.1) is 0 Å². The summed E-state index contributed by atoms with van der Waals surface area (Å²) < 4.78 is 43.2. The first-order chi connectivity index (χ1) is 8.73. The van der Waals surface area contributed by atoms with Gasteiger partial charge >= 0.3 is 12.1 Å². The zero-order valence-corrected chi connectivity index (χ0v) is 10.5. The van der Waals surface area contributed by atoms with E-state index in [9.17, 15) is 18.0 Å². The minimum Gasteiger partial charge on any atom is -0.478 e. The summed E-state index contributed by atoms with van der Waals surface area (Å²) in [4.78, 5) is 11.0. The molecule has 0 radical (unpaired) electrons. The van der Waals surface area contributed by atoms with Crippen molar-refractivity contribution in [3.63, 3.8) is 0 Å². The number of carboxylic acids is 1. The fraction of sp³-hybridized carbons (Fsp3) is 0.182. The summed E-state index contributed by atoms with van der Waals surface area (Å²) in [5, 5.41) is 8.28. The second-order valence-electron chi connectivity index (χ2n) is 3.69. The molecule has 1 heterocycles. The number of halogens is 5. The number of ether oxygens (including phenoxy) is 1. The molecule has 1 aliphatic heterocycles. The van der Waals surface area contributed by atoms with Gasteiger partial charge in [-0.3, -0.25) is 0 Å². The average Bonchev–Trinajstić information content (AvgIpc) is 2.28. The second-order valence-corrected chi connectivity index (χ2v) is 4.47. The Morgan fingerprint density at radius 3 is 2.47 bits per heavy atom. The van der Waals surface area contributed by atoms with E-state index in [-0.39, 0.29) is 16.3 Å². The van der Waals surface area contributed by atoms with Crippen LogP contribution < -0.4 is 4.74 Å². The Morgan fingerprint density at radius 1 is 1.32 bits per heavy atom. The van der Waals surface area contributed by atoms with Gasteiger partial charge in [-0.1, -0.05) is 29.3 Å². The molecule has 0 spiro atoms. The molecule has 1 N–H and O–H groups in total. The maximum Gasteiger partial charge on any atom is 0.430 e. The molecule has 0 amide bonds. The van der Waals surface area contributed by atoms with Gasteiger partial charge in [0.1, 0.15) is 11.3 Å². The zero-order chi connectivity index (χ0) is 14.4. The summed E-state index contributed by atoms with van der Waals surface area (Å²) in [7, 11) is 0. The van der Waals surface area contributed by atoms with Crippen molar-refractivity contribution >= 4 is 34.2 Å². The van der Waals surface area contributed by atoms with Crippen LogP contribution in [0.2, 0.25) is 5.02 Å². The van der Waals surface area contributed by atoms with Crippen molar-refractivity contribution in [1.82, 2.24) is 0 Å². The van der Waals surface area contributed by atoms with Crippen LogP contribution in [0.1, 0.15) is 5.56 Å². The zero-order valence-electron chi connectivity index (χ0n) is 8.96. The van der Waals surface area contributed by atoms with E-state index in [0.29, 0.717) is 0 Å². The summed E-state index contributed by atoms with van der Waals surface area (Å²) in [6.45, 7) is 0. The molecular weight excluding hydrogens is 308 g/mol. The molecule has 0 fully saturated rings. The van der Waals surface area contributed by atoms with Gasteiger partial charge in [0.2, 0.25) is 6.10 Å². The van der Waals surface area contributed by atoms with Crippen LogP contribution in [0.25, 0.3) is 5.03 Å². The monoisotopic (exact) mass is 312 g/mol. The van der Waals surface area contributed by atoms with Gasteiger partial charge in [0.15, 0.2) is 0 Å². The van der Waals surface area contributed by atoms with E-state index >= 15 is 0 Å². The number of carbonyl (C=O) groups is 1. The van der Waals surface area contributed by atoms with E-state index in [4.69, 9.17) is 33.0 Å². The Bertz CT molecular complexity index is 581. The van der Waals surface area contributed by atoms with E-state index in [1.165, 1.54) is 18.2 Å². The summed E-state index contributed by atoms with van der Waals surface area (Å²) >= 11 is 11.5. The van der Waals surface area contributed by atoms with Crippen LogP contribution in [-0.4, -0.2) is 23.4 Å². The highest BCUT2D eigenvalue weighted by atomic mass is 35.5. The molecule has 8 heteroatoms. The normalized spacial score (nSPS) is 18.9. The van der Waals surface area contributed by atoms with E-state index in [1.807, 2.05) is 0 Å². The van der Waals surface area contributed by atoms with Crippen molar-refractivity contribution in [3.05, 3.63) is 34.4 Å². The van der Waals surface area contributed by atoms with E-state index < -0.39 is 28.9 Å². The van der Waals surface area contributed by atoms with Crippen LogP contribution in [0.5, 0.6) is 5.75 Å². The minimum absolute atomic E-state index is 0.0204. The average molecular weight is 313 g/mol. The lowest BCUT2D eigenvalue weighted by Gasteiger charge is -2.29. The molecule has 2 rings (SSSR count). The summed E-state index contributed by atoms with van der Waals surface area (Å²) in [5.74, 6) is -2.07. The SMILES string of the molecule is O=C(O)C1=C(Cl)c2cccc(Cl)c2O[C@@H]1C(F)(F)F. The smallest absolute Gasteiger partial charge is 0.430 e. The van der Waals surface area contributed by atoms with Crippen LogP contribution in [0.15, 0.2) is 23.8 Å². The number of hydrogen-bond acceptors (Lipinski definition) is 2. The predicted molar refractivity (Wildman–Crippen MR) is 62.3 cm³/mol. The van der Waals surface area contributed by atoms with Gasteiger partial charge in [-0.2, -0.15) is 13.2 Å². The van der Waals surface area contributed by atoms with Crippen molar-refractivity contribution in [1.29, 1.82) is 0 Å². The summed E-state index contributed by atoms with van der Waals surface area (Å²) in [6.07, 6.45) is -7.56. The second kappa shape index (κ2) is 4.61. The molecule has 0 saturated carbocycles. The Labute approximate surface area is 115 Å². The highest BCUT2D eigenvalue weighted by Gasteiger charge is 2.50. The standard InChI is InChI=1S/C11H5Cl2F3O3/c12-5-3-1-2-4-7(13)6(10(17)18)9(11(14,15)16)19-8(4)5/h1-3,9H,(H,17,18)/t9-/m0/s1. The van der Waals surface area contributed by atoms with Crippen LogP contribution in [0.4, 0.5) is 13.2 Å². The molecule has 0 saturated heterocycles. The summed E-state index contributed by atoms with van der Waals surface area (Å²) in [6, 6.07) is 4.09. The number of alkyl halides is 3. The van der Waals surface area contributed by atoms with Crippen LogP contribution in [0, 0.1) is 0 Å². The number of hydrogen-bond donors (Lipinski definition) is 1. The third-order valence-corrected chi connectivity index (χ3v) is 3.17. The molecule has 1 aromatic rings. The number of carboxylic acid groups (broad SMARTS) is 1. The van der Waals surface area contributed by atoms with Crippen molar-refractivity contribution in [2.24, 2.45) is 0 Å². The Balaban J connectivity index is 2.70. The van der Waals surface area contributed by atoms with E-state index in [2.05, 4.69) is 0 Å². The van der Waals surface area contributed by atoms with Crippen molar-refractivity contribution < 1.29 is 27.8 Å². The van der Waals surface area contributed by atoms with Crippen molar-refractivity contribution in [2.75, 3.05) is 0 Å². The lowest BCUT2D eigenvalue weighted by atomic mass is 10.0. The van der Waals surface area contributed by atoms with Crippen molar-refractivity contribution in [3.8, 4) is 5.75 Å². The highest BCUT2D eigenvalue weighted by molar-refractivity contribution is 6.51. The Hall–Kier alpha value is -1.40. The molecular formula is C11H5Cl2F3O3. The fourth-order valence-electron chi connectivity index (χ4n) is 1.67. The lowest BCUT2D eigenvalue weighted by Crippen LogP contribution is -2.41. The number of fused-ring (bicyclic) bond motifs is 1. The third kappa shape index (κ3) is 2.37. The highest BCUT2D eigenvalue weighted by Crippen LogP contribution is 2.45. The van der Waals surface area contributed by atoms with E-state index in [1.54, 1.807) is 0 Å². The van der Waals surface area contributed by atoms with Gasteiger partial charge in [-0.05, 0) is 12.1 Å². The maximum atomic E-state index is 12.8. The lowest BCUT2D eigenvalue weighted by molar-refractivity contribution is -0.187. The fourth-order valence-corrected chi connectivity index (χ4v) is 2.22. The van der Waals surface area contributed by atoms with Gasteiger partial charge in [0.25, 0.3) is 0 Å². The van der Waals surface area contributed by atoms with Crippen LogP contribution in [-0.2, 0) is 4.79 Å². The third-order valence-electron chi connectivity index (χ3n) is 2.47. The molecule has 19 heavy (non-hydrogen) atoms. The first-order valence-electron chi connectivity index (χ1n) is 4.88. The number of rotatable bonds is 1. The molecule has 0 unspecified atom stereocenters. The molecule has 102 valence electrons. The molecule has 1 aromatic carbocycles. The molecule has 3 nitrogen and oxygen atoms in total. The Kier molecular flexibility index (Phi) is 3.40. The Morgan fingerprint density at radius 2 is 1.95 bits per heavy atom. The van der Waals surface area contributed by atoms with E-state index in [0.717, 1.165) is 0 Å². The van der Waals surface area contributed by atoms with Gasteiger partial charge < -0.3 is 9.84 Å². The van der Waals surface area contributed by atoms with Crippen LogP contribution in [0.3, 0.4) is 0 Å². The topological polar surface area (TPSA) is 46.5 Å².